The number of esters is 1. The van der Waals surface area contributed by atoms with Gasteiger partial charge >= 0.3 is 5.97 Å². The van der Waals surface area contributed by atoms with Gasteiger partial charge < -0.3 is 9.47 Å². The van der Waals surface area contributed by atoms with Gasteiger partial charge in [-0.2, -0.15) is 0 Å². The molecule has 2 unspecified atom stereocenters. The lowest BCUT2D eigenvalue weighted by Gasteiger charge is -2.15. The predicted octanol–water partition coefficient (Wildman–Crippen LogP) is 0.911. The van der Waals surface area contributed by atoms with Gasteiger partial charge in [0.2, 0.25) is 6.23 Å². The number of Topliss-reactive ketones (excluding diaryl/α,β-unsaturated/α-hetero) is 2. The molecule has 0 saturated carbocycles. The molecule has 7 nitrogen and oxygen atoms in total. The van der Waals surface area contributed by atoms with E-state index in [1.54, 1.807) is 13.8 Å². The number of carbonyl (C=O) groups is 4. The Morgan fingerprint density at radius 3 is 2.45 bits per heavy atom. The largest absolute Gasteiger partial charge is 0.459 e. The first-order valence-corrected chi connectivity index (χ1v) is 7.05. The summed E-state index contributed by atoms with van der Waals surface area (Å²) in [7, 11) is 0. The van der Waals surface area contributed by atoms with Crippen molar-refractivity contribution in [2.75, 3.05) is 6.54 Å². The fourth-order valence-corrected chi connectivity index (χ4v) is 1.56. The van der Waals surface area contributed by atoms with Crippen LogP contribution in [0.15, 0.2) is 12.2 Å². The minimum absolute atomic E-state index is 0.0936. The van der Waals surface area contributed by atoms with Gasteiger partial charge in [0.15, 0.2) is 5.78 Å². The van der Waals surface area contributed by atoms with Crippen molar-refractivity contribution in [1.29, 1.82) is 0 Å². The van der Waals surface area contributed by atoms with E-state index in [4.69, 9.17) is 4.74 Å². The summed E-state index contributed by atoms with van der Waals surface area (Å²) in [4.78, 5) is 45.1. The van der Waals surface area contributed by atoms with Gasteiger partial charge in [-0.1, -0.05) is 13.5 Å². The fraction of sp³-hybridized carbons (Fsp3) is 0.600. The van der Waals surface area contributed by atoms with E-state index in [2.05, 4.69) is 16.6 Å². The number of carbonyl (C=O) groups excluding carboxylic acids is 4. The molecule has 0 aromatic heterocycles. The summed E-state index contributed by atoms with van der Waals surface area (Å²) in [6, 6.07) is 0. The van der Waals surface area contributed by atoms with Crippen molar-refractivity contribution in [2.24, 2.45) is 0 Å². The molecule has 0 heterocycles. The summed E-state index contributed by atoms with van der Waals surface area (Å²) in [5, 5.41) is 2.66. The predicted molar refractivity (Wildman–Crippen MR) is 78.8 cm³/mol. The smallest absolute Gasteiger partial charge is 0.333 e. The van der Waals surface area contributed by atoms with Gasteiger partial charge in [0.25, 0.3) is 6.47 Å². The molecule has 7 heteroatoms. The molecule has 0 bridgehead atoms. The Morgan fingerprint density at radius 2 is 1.95 bits per heavy atom. The van der Waals surface area contributed by atoms with Gasteiger partial charge in [-0.15, -0.1) is 0 Å². The van der Waals surface area contributed by atoms with E-state index < -0.39 is 24.1 Å². The molecule has 0 aromatic carbocycles. The van der Waals surface area contributed by atoms with Crippen LogP contribution in [0.1, 0.15) is 40.0 Å². The van der Waals surface area contributed by atoms with Crippen molar-refractivity contribution < 1.29 is 28.7 Å². The van der Waals surface area contributed by atoms with Crippen LogP contribution >= 0.6 is 0 Å². The summed E-state index contributed by atoms with van der Waals surface area (Å²) < 4.78 is 9.61. The van der Waals surface area contributed by atoms with Crippen molar-refractivity contribution in [3.63, 3.8) is 0 Å². The van der Waals surface area contributed by atoms with Crippen molar-refractivity contribution in [3.05, 3.63) is 12.2 Å². The molecule has 124 valence electrons. The van der Waals surface area contributed by atoms with E-state index in [1.165, 1.54) is 6.92 Å². The highest BCUT2D eigenvalue weighted by Crippen LogP contribution is 2.07. The van der Waals surface area contributed by atoms with E-state index in [9.17, 15) is 19.2 Å². The van der Waals surface area contributed by atoms with Gasteiger partial charge in [0, 0.05) is 12.0 Å². The average Bonchev–Trinajstić information content (AvgIpc) is 2.44. The zero-order chi connectivity index (χ0) is 17.1. The topological polar surface area (TPSA) is 98.8 Å². The van der Waals surface area contributed by atoms with E-state index in [-0.39, 0.29) is 30.7 Å². The number of rotatable bonds is 12. The van der Waals surface area contributed by atoms with Crippen LogP contribution in [0.4, 0.5) is 0 Å². The molecule has 2 atom stereocenters. The van der Waals surface area contributed by atoms with Gasteiger partial charge in [-0.3, -0.25) is 19.7 Å². The molecule has 0 aliphatic rings. The third kappa shape index (κ3) is 8.31. The number of nitrogens with one attached hydrogen (secondary N) is 1. The van der Waals surface area contributed by atoms with E-state index in [1.807, 2.05) is 0 Å². The van der Waals surface area contributed by atoms with Gasteiger partial charge in [0.05, 0.1) is 12.5 Å². The van der Waals surface area contributed by atoms with Crippen molar-refractivity contribution in [3.8, 4) is 0 Å². The number of ketones is 2. The van der Waals surface area contributed by atoms with Crippen LogP contribution in [0.3, 0.4) is 0 Å². The summed E-state index contributed by atoms with van der Waals surface area (Å²) in [5.74, 6) is -1.33. The van der Waals surface area contributed by atoms with Crippen LogP contribution in [0, 0.1) is 0 Å². The Bertz CT molecular complexity index is 432. The lowest BCUT2D eigenvalue weighted by Crippen LogP contribution is -2.39. The van der Waals surface area contributed by atoms with Crippen LogP contribution in [-0.2, 0) is 28.7 Å². The maximum atomic E-state index is 11.8. The van der Waals surface area contributed by atoms with Crippen LogP contribution in [0.5, 0.6) is 0 Å². The molecule has 0 saturated heterocycles. The van der Waals surface area contributed by atoms with Crippen molar-refractivity contribution >= 4 is 24.0 Å². The SMILES string of the molecule is C=C(C)C(=O)OC(C)CCC(=O)CC(=O)C(NCC)OC=O. The average molecular weight is 313 g/mol. The maximum Gasteiger partial charge on any atom is 0.333 e. The van der Waals surface area contributed by atoms with Crippen molar-refractivity contribution in [2.45, 2.75) is 52.4 Å². The summed E-state index contributed by atoms with van der Waals surface area (Å²) in [6.45, 7) is 8.98. The molecular formula is C15H23NO6. The van der Waals surface area contributed by atoms with Crippen LogP contribution in [0.2, 0.25) is 0 Å². The molecule has 0 amide bonds. The maximum absolute atomic E-state index is 11.8. The van der Waals surface area contributed by atoms with Crippen LogP contribution < -0.4 is 5.32 Å². The molecule has 0 fully saturated rings. The lowest BCUT2D eigenvalue weighted by molar-refractivity contribution is -0.147. The highest BCUT2D eigenvalue weighted by molar-refractivity contribution is 6.01. The molecule has 0 aromatic rings. The Hall–Kier alpha value is -2.02. The Balaban J connectivity index is 4.21. The standard InChI is InChI=1S/C15H23NO6/c1-5-16-14(21-9-17)13(19)8-12(18)7-6-11(4)22-15(20)10(2)3/h9,11,14,16H,2,5-8H2,1,3-4H3. The second kappa shape index (κ2) is 10.7. The monoisotopic (exact) mass is 313 g/mol. The second-order valence-corrected chi connectivity index (χ2v) is 4.89. The third-order valence-corrected chi connectivity index (χ3v) is 2.73. The van der Waals surface area contributed by atoms with Gasteiger partial charge in [-0.25, -0.2) is 4.79 Å². The number of ether oxygens (including phenoxy) is 2. The highest BCUT2D eigenvalue weighted by Gasteiger charge is 2.21. The van der Waals surface area contributed by atoms with Crippen LogP contribution in [-0.4, -0.2) is 42.9 Å². The van der Waals surface area contributed by atoms with Gasteiger partial charge in [-0.05, 0) is 26.8 Å². The highest BCUT2D eigenvalue weighted by atomic mass is 16.5. The summed E-state index contributed by atoms with van der Waals surface area (Å²) in [6.07, 6.45) is -1.49. The first kappa shape index (κ1) is 20.0. The van der Waals surface area contributed by atoms with E-state index in [0.717, 1.165) is 0 Å². The van der Waals surface area contributed by atoms with E-state index in [0.29, 0.717) is 13.0 Å². The summed E-state index contributed by atoms with van der Waals surface area (Å²) >= 11 is 0. The van der Waals surface area contributed by atoms with Crippen LogP contribution in [0.25, 0.3) is 0 Å². The third-order valence-electron chi connectivity index (χ3n) is 2.73. The Labute approximate surface area is 130 Å². The molecular weight excluding hydrogens is 290 g/mol. The minimum atomic E-state index is -1.11. The van der Waals surface area contributed by atoms with Gasteiger partial charge in [0.1, 0.15) is 5.78 Å². The zero-order valence-electron chi connectivity index (χ0n) is 13.2. The first-order chi connectivity index (χ1) is 10.3. The number of hydrogen-bond acceptors (Lipinski definition) is 7. The zero-order valence-corrected chi connectivity index (χ0v) is 13.2. The molecule has 0 radical (unpaired) electrons. The Morgan fingerprint density at radius 1 is 1.32 bits per heavy atom. The molecule has 22 heavy (non-hydrogen) atoms. The van der Waals surface area contributed by atoms with E-state index >= 15 is 0 Å². The molecule has 1 N–H and O–H groups in total. The second-order valence-electron chi connectivity index (χ2n) is 4.89. The number of likely N-dealkylation sites (N-methyl/N-ethyl adjacent to an activating group) is 1. The normalized spacial score (nSPS) is 12.9. The molecule has 0 spiro atoms. The van der Waals surface area contributed by atoms with Crippen molar-refractivity contribution in [1.82, 2.24) is 5.32 Å². The molecule has 0 aliphatic carbocycles. The summed E-state index contributed by atoms with van der Waals surface area (Å²) in [5.41, 5.74) is 0.285. The fourth-order valence-electron chi connectivity index (χ4n) is 1.56. The lowest BCUT2D eigenvalue weighted by atomic mass is 10.1. The Kier molecular flexibility index (Phi) is 9.69. The first-order valence-electron chi connectivity index (χ1n) is 7.05. The molecule has 0 rings (SSSR count). The quantitative estimate of drug-likeness (QED) is 0.188. The number of hydrogen-bond donors (Lipinski definition) is 1. The molecule has 0 aliphatic heterocycles. The minimum Gasteiger partial charge on any atom is -0.459 e.